The Labute approximate surface area is 222 Å². The molecule has 11 heteroatoms. The van der Waals surface area contributed by atoms with Crippen LogP contribution in [0.15, 0.2) is 76.5 Å². The normalized spacial score (nSPS) is 15.0. The average molecular weight is 564 g/mol. The molecule has 7 nitrogen and oxygen atoms in total. The van der Waals surface area contributed by atoms with Gasteiger partial charge in [0.1, 0.15) is 17.3 Å². The topological polar surface area (TPSA) is 90.0 Å². The number of hydrogen-bond donors (Lipinski definition) is 0. The van der Waals surface area contributed by atoms with Crippen LogP contribution < -0.4 is 8.92 Å². The van der Waals surface area contributed by atoms with Gasteiger partial charge in [-0.15, -0.1) is 0 Å². The molecule has 3 aromatic carbocycles. The van der Waals surface area contributed by atoms with Crippen LogP contribution in [-0.4, -0.2) is 37.6 Å². The van der Waals surface area contributed by atoms with Crippen molar-refractivity contribution in [3.8, 4) is 11.5 Å². The largest absolute Gasteiger partial charge is 0.492 e. The van der Waals surface area contributed by atoms with E-state index >= 15 is 0 Å². The van der Waals surface area contributed by atoms with Crippen LogP contribution in [0.1, 0.15) is 11.1 Å². The second-order valence-corrected chi connectivity index (χ2v) is 11.1. The lowest BCUT2D eigenvalue weighted by atomic mass is 10.2. The number of ether oxygens (including phenoxy) is 1. The van der Waals surface area contributed by atoms with E-state index in [0.29, 0.717) is 16.3 Å². The van der Waals surface area contributed by atoms with Gasteiger partial charge in [-0.1, -0.05) is 47.0 Å². The molecule has 0 N–H and O–H groups in total. The molecule has 0 aliphatic carbocycles. The van der Waals surface area contributed by atoms with Gasteiger partial charge in [0.15, 0.2) is 5.75 Å². The lowest BCUT2D eigenvalue weighted by Gasteiger charge is -2.13. The van der Waals surface area contributed by atoms with Crippen molar-refractivity contribution in [3.05, 3.63) is 92.8 Å². The molecule has 1 aliphatic rings. The van der Waals surface area contributed by atoms with Crippen LogP contribution in [0.25, 0.3) is 6.08 Å². The van der Waals surface area contributed by atoms with E-state index in [1.807, 2.05) is 31.2 Å². The molecule has 2 amide bonds. The Hall–Kier alpha value is -2.98. The molecule has 0 saturated carbocycles. The first-order valence-electron chi connectivity index (χ1n) is 10.6. The third-order valence-corrected chi connectivity index (χ3v) is 7.74. The zero-order valence-corrected chi connectivity index (χ0v) is 22.0. The van der Waals surface area contributed by atoms with Crippen molar-refractivity contribution in [2.24, 2.45) is 0 Å². The van der Waals surface area contributed by atoms with Gasteiger partial charge in [0, 0.05) is 5.02 Å². The molecule has 0 spiro atoms. The molecule has 36 heavy (non-hydrogen) atoms. The van der Waals surface area contributed by atoms with Crippen LogP contribution >= 0.6 is 35.0 Å². The third kappa shape index (κ3) is 6.22. The first kappa shape index (κ1) is 26.1. The quantitative estimate of drug-likeness (QED) is 0.238. The highest BCUT2D eigenvalue weighted by atomic mass is 35.5. The summed E-state index contributed by atoms with van der Waals surface area (Å²) in [7, 11) is -4.12. The van der Waals surface area contributed by atoms with Crippen molar-refractivity contribution >= 4 is 62.3 Å². The van der Waals surface area contributed by atoms with Gasteiger partial charge in [0.2, 0.25) is 0 Å². The zero-order valence-electron chi connectivity index (χ0n) is 18.8. The van der Waals surface area contributed by atoms with Gasteiger partial charge in [-0.05, 0) is 78.9 Å². The van der Waals surface area contributed by atoms with Crippen molar-refractivity contribution in [1.29, 1.82) is 0 Å². The number of rotatable bonds is 8. The van der Waals surface area contributed by atoms with Crippen molar-refractivity contribution in [3.63, 3.8) is 0 Å². The number of nitrogens with zero attached hydrogens (tertiary/aromatic N) is 1. The smallest absolute Gasteiger partial charge is 0.339 e. The Morgan fingerprint density at radius 3 is 2.33 bits per heavy atom. The summed E-state index contributed by atoms with van der Waals surface area (Å²) < 4.78 is 35.8. The summed E-state index contributed by atoms with van der Waals surface area (Å²) in [4.78, 5) is 26.4. The lowest BCUT2D eigenvalue weighted by Crippen LogP contribution is -2.32. The summed E-state index contributed by atoms with van der Waals surface area (Å²) in [5, 5.41) is 0.00502. The lowest BCUT2D eigenvalue weighted by molar-refractivity contribution is -0.123. The van der Waals surface area contributed by atoms with Crippen LogP contribution in [0.3, 0.4) is 0 Å². The Morgan fingerprint density at radius 2 is 1.67 bits per heavy atom. The first-order chi connectivity index (χ1) is 17.1. The summed E-state index contributed by atoms with van der Waals surface area (Å²) in [5.74, 6) is 0.127. The van der Waals surface area contributed by atoms with E-state index in [4.69, 9.17) is 32.1 Å². The molecule has 1 heterocycles. The summed E-state index contributed by atoms with van der Waals surface area (Å²) in [5.41, 5.74) is 1.60. The van der Waals surface area contributed by atoms with Gasteiger partial charge in [-0.3, -0.25) is 14.5 Å². The van der Waals surface area contributed by atoms with Gasteiger partial charge in [0.05, 0.1) is 16.5 Å². The van der Waals surface area contributed by atoms with Crippen LogP contribution in [0.2, 0.25) is 10.0 Å². The SMILES string of the molecule is Cc1ccc(OCCN2C(=O)S/C(=C\c3ccc(OS(=O)(=O)c4ccc(Cl)cc4)c(Cl)c3)C2=O)cc1. The molecule has 0 radical (unpaired) electrons. The number of halogens is 2. The second-order valence-electron chi connectivity index (χ2n) is 7.68. The van der Waals surface area contributed by atoms with Gasteiger partial charge >= 0.3 is 10.1 Å². The predicted octanol–water partition coefficient (Wildman–Crippen LogP) is 6.18. The first-order valence-corrected chi connectivity index (χ1v) is 13.5. The fraction of sp³-hybridized carbons (Fsp3) is 0.120. The monoisotopic (exact) mass is 563 g/mol. The second kappa shape index (κ2) is 11.0. The van der Waals surface area contributed by atoms with Crippen molar-refractivity contribution in [1.82, 2.24) is 4.90 Å². The summed E-state index contributed by atoms with van der Waals surface area (Å²) in [6.45, 7) is 2.23. The van der Waals surface area contributed by atoms with Crippen LogP contribution in [-0.2, 0) is 14.9 Å². The molecule has 0 bridgehead atoms. The molecule has 0 aromatic heterocycles. The van der Waals surface area contributed by atoms with E-state index in [0.717, 1.165) is 22.2 Å². The minimum Gasteiger partial charge on any atom is -0.492 e. The van der Waals surface area contributed by atoms with Gasteiger partial charge in [-0.25, -0.2) is 0 Å². The number of amides is 2. The van der Waals surface area contributed by atoms with Crippen molar-refractivity contribution in [2.45, 2.75) is 11.8 Å². The van der Waals surface area contributed by atoms with Gasteiger partial charge < -0.3 is 8.92 Å². The number of carbonyl (C=O) groups excluding carboxylic acids is 2. The Bertz CT molecular complexity index is 1440. The molecule has 0 unspecified atom stereocenters. The molecule has 3 aromatic rings. The molecular formula is C25H19Cl2NO6S2. The van der Waals surface area contributed by atoms with Crippen molar-refractivity contribution < 1.29 is 26.9 Å². The minimum atomic E-state index is -4.12. The molecule has 1 fully saturated rings. The molecular weight excluding hydrogens is 545 g/mol. The Morgan fingerprint density at radius 1 is 0.972 bits per heavy atom. The highest BCUT2D eigenvalue weighted by Crippen LogP contribution is 2.34. The van der Waals surface area contributed by atoms with E-state index < -0.39 is 21.3 Å². The van der Waals surface area contributed by atoms with Crippen LogP contribution in [0.5, 0.6) is 11.5 Å². The minimum absolute atomic E-state index is 0.0204. The highest BCUT2D eigenvalue weighted by Gasteiger charge is 2.34. The number of imide groups is 1. The van der Waals surface area contributed by atoms with E-state index in [2.05, 4.69) is 0 Å². The van der Waals surface area contributed by atoms with Crippen molar-refractivity contribution in [2.75, 3.05) is 13.2 Å². The third-order valence-electron chi connectivity index (χ3n) is 5.03. The van der Waals surface area contributed by atoms with E-state index in [9.17, 15) is 18.0 Å². The zero-order chi connectivity index (χ0) is 25.9. The number of carbonyl (C=O) groups is 2. The summed E-state index contributed by atoms with van der Waals surface area (Å²) in [6.07, 6.45) is 1.51. The van der Waals surface area contributed by atoms with E-state index in [1.54, 1.807) is 0 Å². The maximum atomic E-state index is 12.7. The molecule has 1 saturated heterocycles. The average Bonchev–Trinajstić information content (AvgIpc) is 3.09. The number of hydrogen-bond acceptors (Lipinski definition) is 7. The number of aryl methyl sites for hydroxylation is 1. The summed E-state index contributed by atoms with van der Waals surface area (Å²) in [6, 6.07) is 17.3. The number of thioether (sulfide) groups is 1. The van der Waals surface area contributed by atoms with Crippen LogP contribution in [0.4, 0.5) is 4.79 Å². The van der Waals surface area contributed by atoms with E-state index in [1.165, 1.54) is 48.5 Å². The molecule has 4 rings (SSSR count). The Kier molecular flexibility index (Phi) is 7.94. The maximum absolute atomic E-state index is 12.7. The fourth-order valence-corrected chi connectivity index (χ4v) is 5.39. The Balaban J connectivity index is 1.41. The van der Waals surface area contributed by atoms with Gasteiger partial charge in [-0.2, -0.15) is 8.42 Å². The fourth-order valence-electron chi connectivity index (χ4n) is 3.18. The molecule has 1 aliphatic heterocycles. The molecule has 0 atom stereocenters. The predicted molar refractivity (Wildman–Crippen MR) is 140 cm³/mol. The highest BCUT2D eigenvalue weighted by molar-refractivity contribution is 8.18. The molecule has 186 valence electrons. The van der Waals surface area contributed by atoms with E-state index in [-0.39, 0.29) is 33.7 Å². The maximum Gasteiger partial charge on any atom is 0.339 e. The van der Waals surface area contributed by atoms with Crippen LogP contribution in [0, 0.1) is 6.92 Å². The van der Waals surface area contributed by atoms with Gasteiger partial charge in [0.25, 0.3) is 11.1 Å². The summed E-state index contributed by atoms with van der Waals surface area (Å²) >= 11 is 12.8. The standard InChI is InChI=1S/C25H19Cl2NO6S2/c1-16-2-7-19(8-3-16)33-13-12-28-24(29)23(35-25(28)30)15-17-4-11-22(21(27)14-17)34-36(31,32)20-9-5-18(26)6-10-20/h2-11,14-15H,12-13H2,1H3/b23-15-. The number of benzene rings is 3.